The minimum absolute atomic E-state index is 0.0741. The number of pyridine rings is 1. The number of aromatic amines is 1. The van der Waals surface area contributed by atoms with Crippen molar-refractivity contribution in [1.29, 1.82) is 0 Å². The van der Waals surface area contributed by atoms with E-state index in [1.54, 1.807) is 7.11 Å². The lowest BCUT2D eigenvalue weighted by Gasteiger charge is -2.32. The monoisotopic (exact) mass is 435 g/mol. The zero-order chi connectivity index (χ0) is 22.0. The molecule has 4 rings (SSSR count). The molecule has 1 heterocycles. The number of hydrogen-bond acceptors (Lipinski definition) is 3. The molecule has 1 fully saturated rings. The highest BCUT2D eigenvalue weighted by Gasteiger charge is 2.26. The first kappa shape index (κ1) is 21.4. The second-order valence-electron chi connectivity index (χ2n) is 8.39. The lowest BCUT2D eigenvalue weighted by molar-refractivity contribution is 0.311. The van der Waals surface area contributed by atoms with E-state index in [0.29, 0.717) is 23.3 Å². The lowest BCUT2D eigenvalue weighted by Crippen LogP contribution is -2.42. The van der Waals surface area contributed by atoms with Crippen molar-refractivity contribution in [2.24, 2.45) is 0 Å². The summed E-state index contributed by atoms with van der Waals surface area (Å²) in [5, 5.41) is 5.06. The number of rotatable bonds is 5. The fourth-order valence-corrected chi connectivity index (χ4v) is 4.70. The van der Waals surface area contributed by atoms with Crippen molar-refractivity contribution < 1.29 is 4.74 Å². The van der Waals surface area contributed by atoms with Gasteiger partial charge in [-0.1, -0.05) is 30.5 Å². The fourth-order valence-electron chi connectivity index (χ4n) is 4.38. The number of aryl methyl sites for hydroxylation is 2. The molecule has 1 aromatic heterocycles. The molecule has 0 amide bonds. The fraction of sp³-hybridized carbons (Fsp3) is 0.360. The first-order valence-electron chi connectivity index (χ1n) is 10.8. The summed E-state index contributed by atoms with van der Waals surface area (Å²) in [5.41, 5.74) is 4.82. The van der Waals surface area contributed by atoms with Crippen LogP contribution in [0.3, 0.4) is 0 Å². The topological polar surface area (TPSA) is 57.4 Å². The van der Waals surface area contributed by atoms with Crippen molar-refractivity contribution in [3.8, 4) is 5.75 Å². The molecule has 31 heavy (non-hydrogen) atoms. The number of fused-ring (bicyclic) bond motifs is 1. The van der Waals surface area contributed by atoms with Crippen LogP contribution in [0, 0.1) is 13.8 Å². The second kappa shape index (κ2) is 9.10. The maximum Gasteiger partial charge on any atom is 0.253 e. The number of H-pyrrole nitrogens is 1. The Labute approximate surface area is 188 Å². The van der Waals surface area contributed by atoms with Crippen LogP contribution in [0.2, 0.25) is 0 Å². The van der Waals surface area contributed by atoms with E-state index in [-0.39, 0.29) is 5.56 Å². The molecular weight excluding hydrogens is 406 g/mol. The number of nitrogens with one attached hydrogen (secondary N) is 2. The Balaban J connectivity index is 1.64. The van der Waals surface area contributed by atoms with Crippen molar-refractivity contribution in [3.05, 3.63) is 69.5 Å². The third-order valence-electron chi connectivity index (χ3n) is 6.12. The summed E-state index contributed by atoms with van der Waals surface area (Å²) in [6.07, 6.45) is 4.57. The molecule has 0 bridgehead atoms. The van der Waals surface area contributed by atoms with Crippen molar-refractivity contribution in [2.75, 3.05) is 12.4 Å². The number of hydrogen-bond donors (Lipinski definition) is 2. The summed E-state index contributed by atoms with van der Waals surface area (Å²) in [6, 6.07) is 14.3. The third-order valence-corrected chi connectivity index (χ3v) is 6.46. The van der Waals surface area contributed by atoms with Gasteiger partial charge in [0.15, 0.2) is 5.11 Å². The highest BCUT2D eigenvalue weighted by molar-refractivity contribution is 7.80. The van der Waals surface area contributed by atoms with Gasteiger partial charge in [0.2, 0.25) is 0 Å². The number of thiocarbonyl (C=S) groups is 1. The van der Waals surface area contributed by atoms with Gasteiger partial charge in [0.25, 0.3) is 5.56 Å². The number of nitrogens with zero attached hydrogens (tertiary/aromatic N) is 1. The molecule has 0 radical (unpaired) electrons. The van der Waals surface area contributed by atoms with Crippen molar-refractivity contribution in [3.63, 3.8) is 0 Å². The van der Waals surface area contributed by atoms with Gasteiger partial charge >= 0.3 is 0 Å². The van der Waals surface area contributed by atoms with Gasteiger partial charge in [-0.3, -0.25) is 4.79 Å². The zero-order valence-corrected chi connectivity index (χ0v) is 19.1. The molecule has 3 aromatic rings. The van der Waals surface area contributed by atoms with Crippen LogP contribution in [0.25, 0.3) is 10.9 Å². The second-order valence-corrected chi connectivity index (χ2v) is 8.78. The van der Waals surface area contributed by atoms with Crippen molar-refractivity contribution in [1.82, 2.24) is 9.88 Å². The van der Waals surface area contributed by atoms with Crippen LogP contribution in [0.4, 0.5) is 5.69 Å². The average Bonchev–Trinajstić information content (AvgIpc) is 3.28. The first-order valence-corrected chi connectivity index (χ1v) is 11.2. The molecule has 5 nitrogen and oxygen atoms in total. The van der Waals surface area contributed by atoms with Crippen LogP contribution >= 0.6 is 12.2 Å². The summed E-state index contributed by atoms with van der Waals surface area (Å²) in [7, 11) is 1.65. The van der Waals surface area contributed by atoms with Crippen LogP contribution in [0.1, 0.15) is 42.4 Å². The quantitative estimate of drug-likeness (QED) is 0.533. The molecule has 162 valence electrons. The predicted octanol–water partition coefficient (Wildman–Crippen LogP) is 5.30. The van der Waals surface area contributed by atoms with E-state index in [4.69, 9.17) is 17.0 Å². The molecule has 6 heteroatoms. The van der Waals surface area contributed by atoms with Gasteiger partial charge in [0.05, 0.1) is 13.7 Å². The Kier molecular flexibility index (Phi) is 6.28. The van der Waals surface area contributed by atoms with Gasteiger partial charge in [-0.2, -0.15) is 0 Å². The molecule has 0 aliphatic heterocycles. The Hall–Kier alpha value is -2.86. The summed E-state index contributed by atoms with van der Waals surface area (Å²) in [6.45, 7) is 4.64. The van der Waals surface area contributed by atoms with Gasteiger partial charge in [0, 0.05) is 28.2 Å². The van der Waals surface area contributed by atoms with Crippen LogP contribution in [-0.4, -0.2) is 28.1 Å². The Morgan fingerprint density at radius 3 is 2.65 bits per heavy atom. The van der Waals surface area contributed by atoms with E-state index in [1.807, 2.05) is 24.3 Å². The minimum atomic E-state index is -0.0741. The predicted molar refractivity (Wildman–Crippen MR) is 131 cm³/mol. The largest absolute Gasteiger partial charge is 0.497 e. The molecule has 1 aliphatic rings. The summed E-state index contributed by atoms with van der Waals surface area (Å²) >= 11 is 5.85. The molecule has 2 aromatic carbocycles. The highest BCUT2D eigenvalue weighted by atomic mass is 32.1. The van der Waals surface area contributed by atoms with E-state index in [0.717, 1.165) is 40.7 Å². The van der Waals surface area contributed by atoms with Crippen LogP contribution < -0.4 is 15.6 Å². The maximum absolute atomic E-state index is 12.8. The Morgan fingerprint density at radius 2 is 1.94 bits per heavy atom. The van der Waals surface area contributed by atoms with Gasteiger partial charge < -0.3 is 19.9 Å². The molecule has 0 atom stereocenters. The van der Waals surface area contributed by atoms with E-state index < -0.39 is 0 Å². The number of benzene rings is 2. The highest BCUT2D eigenvalue weighted by Crippen LogP contribution is 2.27. The zero-order valence-electron chi connectivity index (χ0n) is 18.3. The van der Waals surface area contributed by atoms with Gasteiger partial charge in [-0.25, -0.2) is 0 Å². The van der Waals surface area contributed by atoms with Gasteiger partial charge in [-0.05, 0) is 74.8 Å². The molecule has 1 saturated carbocycles. The molecule has 0 saturated heterocycles. The van der Waals surface area contributed by atoms with Crippen LogP contribution in [0.5, 0.6) is 5.75 Å². The normalized spacial score (nSPS) is 14.0. The van der Waals surface area contributed by atoms with E-state index in [1.165, 1.54) is 18.4 Å². The first-order chi connectivity index (χ1) is 14.9. The van der Waals surface area contributed by atoms with E-state index >= 15 is 0 Å². The number of anilines is 1. The van der Waals surface area contributed by atoms with Crippen LogP contribution in [-0.2, 0) is 6.54 Å². The molecule has 0 spiro atoms. The SMILES string of the molecule is COc1ccc2[nH]c(=O)c(CN(C(=S)Nc3ccc(C)cc3C)C3CCCC3)cc2c1. The minimum Gasteiger partial charge on any atom is -0.497 e. The van der Waals surface area contributed by atoms with Crippen molar-refractivity contribution in [2.45, 2.75) is 52.1 Å². The summed E-state index contributed by atoms with van der Waals surface area (Å²) < 4.78 is 5.35. The molecular formula is C25H29N3O2S. The molecule has 1 aliphatic carbocycles. The van der Waals surface area contributed by atoms with Crippen molar-refractivity contribution >= 4 is 33.9 Å². The third kappa shape index (κ3) is 4.74. The number of ether oxygens (including phenoxy) is 1. The standard InChI is InChI=1S/C25H29N3O2S/c1-16-8-10-22(17(2)12-16)27-25(31)28(20-6-4-5-7-20)15-19-13-18-14-21(30-3)9-11-23(18)26-24(19)29/h8-14,20H,4-7,15H2,1-3H3,(H,26,29)(H,27,31). The molecule has 2 N–H and O–H groups in total. The Bertz CT molecular complexity index is 1170. The van der Waals surface area contributed by atoms with E-state index in [9.17, 15) is 4.79 Å². The summed E-state index contributed by atoms with van der Waals surface area (Å²) in [5.74, 6) is 0.769. The lowest BCUT2D eigenvalue weighted by atomic mass is 10.1. The van der Waals surface area contributed by atoms with Crippen LogP contribution in [0.15, 0.2) is 47.3 Å². The molecule has 0 unspecified atom stereocenters. The van der Waals surface area contributed by atoms with Gasteiger partial charge in [-0.15, -0.1) is 0 Å². The van der Waals surface area contributed by atoms with E-state index in [2.05, 4.69) is 47.2 Å². The summed E-state index contributed by atoms with van der Waals surface area (Å²) in [4.78, 5) is 18.0. The van der Waals surface area contributed by atoms with Gasteiger partial charge in [0.1, 0.15) is 5.75 Å². The Morgan fingerprint density at radius 1 is 1.16 bits per heavy atom. The smallest absolute Gasteiger partial charge is 0.253 e. The number of aromatic nitrogens is 1. The average molecular weight is 436 g/mol. The number of methoxy groups -OCH3 is 1. The maximum atomic E-state index is 12.8.